The van der Waals surface area contributed by atoms with E-state index in [9.17, 15) is 9.59 Å². The van der Waals surface area contributed by atoms with Gasteiger partial charge in [0.1, 0.15) is 0 Å². The van der Waals surface area contributed by atoms with Crippen LogP contribution in [0.25, 0.3) is 0 Å². The van der Waals surface area contributed by atoms with E-state index < -0.39 is 0 Å². The van der Waals surface area contributed by atoms with Crippen LogP contribution in [0.1, 0.15) is 22.8 Å². The summed E-state index contributed by atoms with van der Waals surface area (Å²) in [6.45, 7) is 3.62. The predicted octanol–water partition coefficient (Wildman–Crippen LogP) is 0.0854. The monoisotopic (exact) mass is 290 g/mol. The first-order chi connectivity index (χ1) is 10.0. The lowest BCUT2D eigenvalue weighted by Gasteiger charge is -2.34. The van der Waals surface area contributed by atoms with Crippen LogP contribution in [0.15, 0.2) is 29.4 Å². The van der Waals surface area contributed by atoms with Gasteiger partial charge in [-0.1, -0.05) is 17.3 Å². The largest absolute Gasteiger partial charge is 0.409 e. The van der Waals surface area contributed by atoms with Crippen LogP contribution in [0.4, 0.5) is 0 Å². The first-order valence-corrected chi connectivity index (χ1v) is 6.65. The van der Waals surface area contributed by atoms with Crippen molar-refractivity contribution in [2.45, 2.75) is 6.92 Å². The molecule has 0 atom stereocenters. The van der Waals surface area contributed by atoms with E-state index in [1.807, 2.05) is 0 Å². The van der Waals surface area contributed by atoms with Crippen LogP contribution in [0.5, 0.6) is 0 Å². The molecule has 0 saturated carbocycles. The van der Waals surface area contributed by atoms with Gasteiger partial charge in [0.05, 0.1) is 0 Å². The highest BCUT2D eigenvalue weighted by atomic mass is 16.4. The van der Waals surface area contributed by atoms with Crippen molar-refractivity contribution in [3.05, 3.63) is 35.4 Å². The minimum atomic E-state index is -0.120. The number of nitrogens with zero attached hydrogens (tertiary/aromatic N) is 3. The van der Waals surface area contributed by atoms with Gasteiger partial charge in [-0.3, -0.25) is 9.59 Å². The summed E-state index contributed by atoms with van der Waals surface area (Å²) in [4.78, 5) is 27.1. The number of hydrogen-bond acceptors (Lipinski definition) is 4. The number of oxime groups is 1. The Hall–Kier alpha value is -2.57. The highest BCUT2D eigenvalue weighted by Gasteiger charge is 2.23. The molecule has 0 spiro atoms. The molecule has 0 aromatic heterocycles. The van der Waals surface area contributed by atoms with E-state index in [4.69, 9.17) is 10.9 Å². The molecule has 7 heteroatoms. The third-order valence-corrected chi connectivity index (χ3v) is 3.53. The Morgan fingerprint density at radius 1 is 1.14 bits per heavy atom. The number of benzene rings is 1. The molecule has 112 valence electrons. The SMILES string of the molecule is CC(=O)N1CCN(C(=O)c2cccc(/C(N)=N/O)c2)CC1. The number of carbonyl (C=O) groups excluding carboxylic acids is 2. The highest BCUT2D eigenvalue weighted by Crippen LogP contribution is 2.11. The molecule has 0 unspecified atom stereocenters. The van der Waals surface area contributed by atoms with Gasteiger partial charge in [-0.15, -0.1) is 0 Å². The lowest BCUT2D eigenvalue weighted by molar-refractivity contribution is -0.130. The van der Waals surface area contributed by atoms with Gasteiger partial charge in [0, 0.05) is 44.2 Å². The number of piperazine rings is 1. The molecule has 21 heavy (non-hydrogen) atoms. The van der Waals surface area contributed by atoms with Crippen LogP contribution in [-0.2, 0) is 4.79 Å². The van der Waals surface area contributed by atoms with Gasteiger partial charge in [-0.05, 0) is 12.1 Å². The molecule has 2 amide bonds. The number of nitrogens with two attached hydrogens (primary N) is 1. The van der Waals surface area contributed by atoms with E-state index in [1.165, 1.54) is 6.92 Å². The summed E-state index contributed by atoms with van der Waals surface area (Å²) in [5.41, 5.74) is 6.50. The number of hydrogen-bond donors (Lipinski definition) is 2. The van der Waals surface area contributed by atoms with Gasteiger partial charge in [-0.2, -0.15) is 0 Å². The molecular formula is C14H18N4O3. The molecule has 0 aliphatic carbocycles. The summed E-state index contributed by atoms with van der Waals surface area (Å²) < 4.78 is 0. The maximum absolute atomic E-state index is 12.4. The quantitative estimate of drug-likeness (QED) is 0.349. The van der Waals surface area contributed by atoms with Crippen LogP contribution in [0.3, 0.4) is 0 Å². The maximum atomic E-state index is 12.4. The second kappa shape index (κ2) is 6.25. The second-order valence-electron chi connectivity index (χ2n) is 4.86. The van der Waals surface area contributed by atoms with Crippen LogP contribution in [-0.4, -0.2) is 58.8 Å². The topological polar surface area (TPSA) is 99.2 Å². The zero-order valence-corrected chi connectivity index (χ0v) is 11.8. The van der Waals surface area contributed by atoms with Crippen molar-refractivity contribution in [2.24, 2.45) is 10.9 Å². The minimum absolute atomic E-state index is 0.0241. The molecule has 1 aliphatic rings. The lowest BCUT2D eigenvalue weighted by atomic mass is 10.1. The fourth-order valence-electron chi connectivity index (χ4n) is 2.28. The Bertz CT molecular complexity index is 577. The van der Waals surface area contributed by atoms with Crippen LogP contribution in [0.2, 0.25) is 0 Å². The molecule has 7 nitrogen and oxygen atoms in total. The molecule has 1 fully saturated rings. The summed E-state index contributed by atoms with van der Waals surface area (Å²) in [7, 11) is 0. The molecule has 2 rings (SSSR count). The van der Waals surface area contributed by atoms with Crippen LogP contribution < -0.4 is 5.73 Å². The van der Waals surface area contributed by atoms with E-state index in [0.29, 0.717) is 37.3 Å². The minimum Gasteiger partial charge on any atom is -0.409 e. The van der Waals surface area contributed by atoms with Gasteiger partial charge in [0.2, 0.25) is 5.91 Å². The zero-order chi connectivity index (χ0) is 15.4. The Kier molecular flexibility index (Phi) is 4.42. The van der Waals surface area contributed by atoms with E-state index in [-0.39, 0.29) is 17.6 Å². The van der Waals surface area contributed by atoms with Crippen molar-refractivity contribution in [2.75, 3.05) is 26.2 Å². The predicted molar refractivity (Wildman–Crippen MR) is 77.1 cm³/mol. The van der Waals surface area contributed by atoms with Crippen molar-refractivity contribution >= 4 is 17.6 Å². The number of carbonyl (C=O) groups is 2. The van der Waals surface area contributed by atoms with Gasteiger partial charge in [-0.25, -0.2) is 0 Å². The van der Waals surface area contributed by atoms with Gasteiger partial charge < -0.3 is 20.7 Å². The zero-order valence-electron chi connectivity index (χ0n) is 11.8. The average Bonchev–Trinajstić information content (AvgIpc) is 2.53. The normalized spacial score (nSPS) is 16.0. The second-order valence-corrected chi connectivity index (χ2v) is 4.86. The smallest absolute Gasteiger partial charge is 0.253 e. The fourth-order valence-corrected chi connectivity index (χ4v) is 2.28. The highest BCUT2D eigenvalue weighted by molar-refractivity contribution is 6.01. The standard InChI is InChI=1S/C14H18N4O3/c1-10(19)17-5-7-18(8-6-17)14(20)12-4-2-3-11(9-12)13(15)16-21/h2-4,9,21H,5-8H2,1H3,(H2,15,16). The summed E-state index contributed by atoms with van der Waals surface area (Å²) in [5, 5.41) is 11.6. The number of amidine groups is 1. The summed E-state index contributed by atoms with van der Waals surface area (Å²) in [6.07, 6.45) is 0. The Labute approximate surface area is 122 Å². The fraction of sp³-hybridized carbons (Fsp3) is 0.357. The Morgan fingerprint density at radius 2 is 1.71 bits per heavy atom. The van der Waals surface area contributed by atoms with E-state index in [0.717, 1.165) is 0 Å². The maximum Gasteiger partial charge on any atom is 0.253 e. The van der Waals surface area contributed by atoms with Gasteiger partial charge >= 0.3 is 0 Å². The number of amides is 2. The third-order valence-electron chi connectivity index (χ3n) is 3.53. The first-order valence-electron chi connectivity index (χ1n) is 6.65. The molecule has 1 heterocycles. The molecular weight excluding hydrogens is 272 g/mol. The summed E-state index contributed by atoms with van der Waals surface area (Å²) in [5.74, 6) is -0.132. The molecule has 1 aromatic carbocycles. The van der Waals surface area contributed by atoms with E-state index >= 15 is 0 Å². The van der Waals surface area contributed by atoms with Crippen LogP contribution in [0, 0.1) is 0 Å². The van der Waals surface area contributed by atoms with Crippen molar-refractivity contribution in [1.29, 1.82) is 0 Å². The molecule has 1 aromatic rings. The summed E-state index contributed by atoms with van der Waals surface area (Å²) >= 11 is 0. The van der Waals surface area contributed by atoms with Crippen molar-refractivity contribution in [1.82, 2.24) is 9.80 Å². The van der Waals surface area contributed by atoms with Crippen molar-refractivity contribution in [3.63, 3.8) is 0 Å². The molecule has 3 N–H and O–H groups in total. The molecule has 0 bridgehead atoms. The van der Waals surface area contributed by atoms with E-state index in [2.05, 4.69) is 5.16 Å². The summed E-state index contributed by atoms with van der Waals surface area (Å²) in [6, 6.07) is 6.63. The average molecular weight is 290 g/mol. The van der Waals surface area contributed by atoms with E-state index in [1.54, 1.807) is 34.1 Å². The molecule has 0 radical (unpaired) electrons. The van der Waals surface area contributed by atoms with Crippen LogP contribution >= 0.6 is 0 Å². The van der Waals surface area contributed by atoms with Gasteiger partial charge in [0.25, 0.3) is 5.91 Å². The first kappa shape index (κ1) is 14.8. The van der Waals surface area contributed by atoms with Crippen molar-refractivity contribution in [3.8, 4) is 0 Å². The lowest BCUT2D eigenvalue weighted by Crippen LogP contribution is -2.50. The third kappa shape index (κ3) is 3.31. The Balaban J connectivity index is 2.09. The van der Waals surface area contributed by atoms with Crippen molar-refractivity contribution < 1.29 is 14.8 Å². The Morgan fingerprint density at radius 3 is 2.29 bits per heavy atom. The van der Waals surface area contributed by atoms with Gasteiger partial charge in [0.15, 0.2) is 5.84 Å². The molecule has 1 saturated heterocycles. The molecule has 1 aliphatic heterocycles. The number of rotatable bonds is 2.